The van der Waals surface area contributed by atoms with Crippen LogP contribution in [0.15, 0.2) is 24.4 Å². The van der Waals surface area contributed by atoms with Gasteiger partial charge in [0.15, 0.2) is 6.29 Å². The van der Waals surface area contributed by atoms with Gasteiger partial charge in [-0.25, -0.2) is 14.8 Å². The van der Waals surface area contributed by atoms with Gasteiger partial charge < -0.3 is 15.2 Å². The Balaban J connectivity index is 2.16. The molecule has 0 aliphatic rings. The molecule has 0 atom stereocenters. The lowest BCUT2D eigenvalue weighted by Gasteiger charge is -2.18. The number of aliphatic hydroxyl groups is 1. The second kappa shape index (κ2) is 9.96. The molecule has 0 unspecified atom stereocenters. The molecule has 28 heavy (non-hydrogen) atoms. The summed E-state index contributed by atoms with van der Waals surface area (Å²) >= 11 is 0. The Bertz CT molecular complexity index is 896. The molecular formula is C18H20N6O4. The second-order valence-electron chi connectivity index (χ2n) is 5.63. The van der Waals surface area contributed by atoms with Gasteiger partial charge in [0.05, 0.1) is 24.5 Å². The predicted molar refractivity (Wildman–Crippen MR) is 102 cm³/mol. The smallest absolute Gasteiger partial charge is 0.328 e. The van der Waals surface area contributed by atoms with Crippen LogP contribution in [0, 0.1) is 11.3 Å². The number of nitriles is 1. The number of carbonyl (C=O) groups is 2. The third-order valence-corrected chi connectivity index (χ3v) is 3.81. The van der Waals surface area contributed by atoms with Crippen LogP contribution in [0.2, 0.25) is 0 Å². The van der Waals surface area contributed by atoms with E-state index in [0.29, 0.717) is 36.3 Å². The lowest BCUT2D eigenvalue weighted by atomic mass is 10.2. The minimum atomic E-state index is -0.541. The van der Waals surface area contributed by atoms with Crippen LogP contribution in [0.1, 0.15) is 21.6 Å². The van der Waals surface area contributed by atoms with Gasteiger partial charge in [-0.05, 0) is 6.07 Å². The highest BCUT2D eigenvalue weighted by Gasteiger charge is 2.16. The van der Waals surface area contributed by atoms with Crippen LogP contribution in [0.4, 0.5) is 22.1 Å². The fourth-order valence-electron chi connectivity index (χ4n) is 2.26. The summed E-state index contributed by atoms with van der Waals surface area (Å²) in [4.78, 5) is 32.9. The van der Waals surface area contributed by atoms with Gasteiger partial charge in [0.2, 0.25) is 0 Å². The van der Waals surface area contributed by atoms with Crippen molar-refractivity contribution in [2.45, 2.75) is 6.61 Å². The molecule has 2 heterocycles. The van der Waals surface area contributed by atoms with Gasteiger partial charge >= 0.3 is 6.03 Å². The number of nitrogens with one attached hydrogen (secondary N) is 2. The van der Waals surface area contributed by atoms with E-state index < -0.39 is 6.03 Å². The first-order valence-electron chi connectivity index (χ1n) is 8.27. The van der Waals surface area contributed by atoms with Crippen LogP contribution in [0.5, 0.6) is 0 Å². The molecule has 2 aromatic rings. The Morgan fingerprint density at radius 1 is 1.46 bits per heavy atom. The van der Waals surface area contributed by atoms with E-state index >= 15 is 0 Å². The van der Waals surface area contributed by atoms with Crippen molar-refractivity contribution in [2.75, 3.05) is 42.8 Å². The van der Waals surface area contributed by atoms with Crippen LogP contribution in [0.3, 0.4) is 0 Å². The Hall–Kier alpha value is -3.55. The second-order valence-corrected chi connectivity index (χ2v) is 5.63. The lowest BCUT2D eigenvalue weighted by Crippen LogP contribution is -2.32. The first-order chi connectivity index (χ1) is 13.5. The number of hydrogen-bond donors (Lipinski definition) is 3. The van der Waals surface area contributed by atoms with Crippen molar-refractivity contribution in [3.63, 3.8) is 0 Å². The molecule has 2 aromatic heterocycles. The van der Waals surface area contributed by atoms with E-state index in [1.165, 1.54) is 30.3 Å². The monoisotopic (exact) mass is 384 g/mol. The van der Waals surface area contributed by atoms with Crippen molar-refractivity contribution < 1.29 is 19.4 Å². The summed E-state index contributed by atoms with van der Waals surface area (Å²) in [5, 5.41) is 24.0. The van der Waals surface area contributed by atoms with Crippen molar-refractivity contribution in [1.29, 1.82) is 5.26 Å². The molecule has 10 nitrogen and oxygen atoms in total. The molecule has 0 saturated carbocycles. The molecule has 0 spiro atoms. The largest absolute Gasteiger partial charge is 0.392 e. The molecule has 0 fully saturated rings. The zero-order valence-corrected chi connectivity index (χ0v) is 15.5. The Morgan fingerprint density at radius 3 is 2.89 bits per heavy atom. The average molecular weight is 384 g/mol. The molecular weight excluding hydrogens is 364 g/mol. The number of carbonyl (C=O) groups excluding carboxylic acids is 2. The third-order valence-electron chi connectivity index (χ3n) is 3.81. The molecule has 0 bridgehead atoms. The molecule has 10 heteroatoms. The van der Waals surface area contributed by atoms with Crippen LogP contribution in [-0.2, 0) is 11.3 Å². The normalized spacial score (nSPS) is 10.1. The zero-order chi connectivity index (χ0) is 20.5. The summed E-state index contributed by atoms with van der Waals surface area (Å²) in [6, 6.07) is 6.06. The highest BCUT2D eigenvalue weighted by molar-refractivity contribution is 6.00. The van der Waals surface area contributed by atoms with Crippen molar-refractivity contribution in [3.8, 4) is 6.07 Å². The van der Waals surface area contributed by atoms with Crippen LogP contribution < -0.4 is 15.5 Å². The zero-order valence-electron chi connectivity index (χ0n) is 15.5. The third kappa shape index (κ3) is 5.00. The Labute approximate surface area is 161 Å². The molecule has 0 saturated heterocycles. The number of aromatic nitrogens is 2. The van der Waals surface area contributed by atoms with Gasteiger partial charge in [0.1, 0.15) is 23.4 Å². The molecule has 3 N–H and O–H groups in total. The van der Waals surface area contributed by atoms with E-state index in [4.69, 9.17) is 10.00 Å². The lowest BCUT2D eigenvalue weighted by molar-refractivity contribution is 0.111. The van der Waals surface area contributed by atoms with E-state index in [-0.39, 0.29) is 23.9 Å². The van der Waals surface area contributed by atoms with E-state index in [1.54, 1.807) is 13.2 Å². The van der Waals surface area contributed by atoms with Gasteiger partial charge in [-0.1, -0.05) is 6.07 Å². The number of urea groups is 1. The molecule has 0 aromatic carbocycles. The van der Waals surface area contributed by atoms with Crippen molar-refractivity contribution in [1.82, 2.24) is 9.97 Å². The number of rotatable bonds is 8. The quantitative estimate of drug-likeness (QED) is 0.458. The molecule has 0 aliphatic heterocycles. The number of pyridine rings is 2. The van der Waals surface area contributed by atoms with E-state index in [9.17, 15) is 14.7 Å². The SMILES string of the molecule is COCCNc1cc(NC(=O)N(C)c2ccc(CO)c(C=O)n2)ncc1C#N. The maximum Gasteiger partial charge on any atom is 0.328 e. The standard InChI is InChI=1S/C18H20N6O4/c1-24(17-4-3-12(10-25)15(11-26)22-17)18(27)23-16-7-14(20-5-6-28-2)13(8-19)9-21-16/h3-4,7,9,11,25H,5-6,10H2,1-2H3,(H2,20,21,23,27). The molecule has 146 valence electrons. The summed E-state index contributed by atoms with van der Waals surface area (Å²) in [7, 11) is 3.05. The maximum atomic E-state index is 12.5. The van der Waals surface area contributed by atoms with Crippen LogP contribution >= 0.6 is 0 Å². The number of nitrogens with zero attached hydrogens (tertiary/aromatic N) is 4. The summed E-state index contributed by atoms with van der Waals surface area (Å²) in [6.07, 6.45) is 1.87. The first-order valence-corrected chi connectivity index (χ1v) is 8.27. The van der Waals surface area contributed by atoms with Crippen molar-refractivity contribution in [2.24, 2.45) is 0 Å². The molecule has 2 amide bonds. The van der Waals surface area contributed by atoms with Gasteiger partial charge in [-0.2, -0.15) is 5.26 Å². The highest BCUT2D eigenvalue weighted by atomic mass is 16.5. The van der Waals surface area contributed by atoms with E-state index in [2.05, 4.69) is 20.6 Å². The van der Waals surface area contributed by atoms with Crippen molar-refractivity contribution in [3.05, 3.63) is 41.2 Å². The fraction of sp³-hybridized carbons (Fsp3) is 0.278. The molecule has 2 rings (SSSR count). The molecule has 0 aliphatic carbocycles. The number of hydrogen-bond acceptors (Lipinski definition) is 8. The number of aldehydes is 1. The van der Waals surface area contributed by atoms with Crippen LogP contribution in [0.25, 0.3) is 0 Å². The minimum Gasteiger partial charge on any atom is -0.392 e. The maximum absolute atomic E-state index is 12.5. The Kier molecular flexibility index (Phi) is 7.38. The number of methoxy groups -OCH3 is 1. The van der Waals surface area contributed by atoms with Gasteiger partial charge in [-0.3, -0.25) is 15.0 Å². The number of aliphatic hydroxyl groups excluding tert-OH is 1. The van der Waals surface area contributed by atoms with E-state index in [0.717, 1.165) is 0 Å². The summed E-state index contributed by atoms with van der Waals surface area (Å²) in [5.41, 5.74) is 1.27. The topological polar surface area (TPSA) is 140 Å². The summed E-state index contributed by atoms with van der Waals surface area (Å²) < 4.78 is 4.96. The predicted octanol–water partition coefficient (Wildman–Crippen LogP) is 1.38. The average Bonchev–Trinajstić information content (AvgIpc) is 2.73. The van der Waals surface area contributed by atoms with Gasteiger partial charge in [0, 0.05) is 38.5 Å². The molecule has 0 radical (unpaired) electrons. The van der Waals surface area contributed by atoms with Gasteiger partial charge in [0.25, 0.3) is 0 Å². The fourth-order valence-corrected chi connectivity index (χ4v) is 2.26. The summed E-state index contributed by atoms with van der Waals surface area (Å²) in [5.74, 6) is 0.460. The van der Waals surface area contributed by atoms with Crippen molar-refractivity contribution >= 4 is 29.6 Å². The van der Waals surface area contributed by atoms with E-state index in [1.807, 2.05) is 6.07 Å². The number of ether oxygens (including phenoxy) is 1. The van der Waals surface area contributed by atoms with Gasteiger partial charge in [-0.15, -0.1) is 0 Å². The first kappa shape index (κ1) is 20.8. The summed E-state index contributed by atoms with van der Waals surface area (Å²) in [6.45, 7) is 0.607. The highest BCUT2D eigenvalue weighted by Crippen LogP contribution is 2.19. The Morgan fingerprint density at radius 2 is 2.25 bits per heavy atom. The number of amides is 2. The van der Waals surface area contributed by atoms with Crippen LogP contribution in [-0.4, -0.2) is 54.7 Å². The number of anilines is 3. The minimum absolute atomic E-state index is 0.0563.